The molecule has 0 radical (unpaired) electrons. The summed E-state index contributed by atoms with van der Waals surface area (Å²) < 4.78 is 35.2. The Morgan fingerprint density at radius 2 is 2.00 bits per heavy atom. The highest BCUT2D eigenvalue weighted by Gasteiger charge is 2.26. The molecule has 0 rings (SSSR count). The van der Waals surface area contributed by atoms with Crippen LogP contribution in [0.25, 0.3) is 0 Å². The highest BCUT2D eigenvalue weighted by molar-refractivity contribution is 5.80. The van der Waals surface area contributed by atoms with Gasteiger partial charge < -0.3 is 5.32 Å². The minimum atomic E-state index is -4.15. The van der Waals surface area contributed by atoms with Crippen LogP contribution in [0.5, 0.6) is 0 Å². The lowest BCUT2D eigenvalue weighted by Crippen LogP contribution is -2.30. The number of Topliss-reactive ketones (excluding diaryl/α,β-unsaturated/α-hetero) is 1. The van der Waals surface area contributed by atoms with Gasteiger partial charge in [-0.05, 0) is 19.8 Å². The van der Waals surface area contributed by atoms with Crippen molar-refractivity contribution < 1.29 is 18.0 Å². The van der Waals surface area contributed by atoms with Crippen LogP contribution in [-0.4, -0.2) is 24.5 Å². The van der Waals surface area contributed by atoms with Gasteiger partial charge in [0.15, 0.2) is 0 Å². The van der Waals surface area contributed by atoms with Gasteiger partial charge in [-0.25, -0.2) is 0 Å². The van der Waals surface area contributed by atoms with Crippen LogP contribution in [0.2, 0.25) is 0 Å². The molecule has 0 bridgehead atoms. The van der Waals surface area contributed by atoms with E-state index < -0.39 is 12.6 Å². The van der Waals surface area contributed by atoms with E-state index in [9.17, 15) is 18.0 Å². The molecule has 1 atom stereocenters. The first-order valence-electron chi connectivity index (χ1n) is 5.17. The highest BCUT2D eigenvalue weighted by Crippen LogP contribution is 2.22. The molecule has 2 nitrogen and oxygen atoms in total. The molecule has 15 heavy (non-hydrogen) atoms. The van der Waals surface area contributed by atoms with Crippen molar-refractivity contribution in [3.8, 4) is 0 Å². The summed E-state index contributed by atoms with van der Waals surface area (Å²) >= 11 is 0. The molecular weight excluding hydrogens is 207 g/mol. The van der Waals surface area contributed by atoms with Gasteiger partial charge in [0.2, 0.25) is 0 Å². The van der Waals surface area contributed by atoms with E-state index in [0.717, 1.165) is 6.42 Å². The Kier molecular flexibility index (Phi) is 6.56. The van der Waals surface area contributed by atoms with E-state index in [0.29, 0.717) is 0 Å². The Labute approximate surface area is 88.2 Å². The summed E-state index contributed by atoms with van der Waals surface area (Å²) in [7, 11) is 0. The lowest BCUT2D eigenvalue weighted by atomic mass is 10.1. The molecule has 0 aromatic heterocycles. The van der Waals surface area contributed by atoms with Crippen molar-refractivity contribution in [2.24, 2.45) is 0 Å². The summed E-state index contributed by atoms with van der Waals surface area (Å²) in [6, 6.07) is 0.233. The number of carbonyl (C=O) groups is 1. The largest absolute Gasteiger partial charge is 0.389 e. The maximum atomic E-state index is 11.7. The topological polar surface area (TPSA) is 29.1 Å². The smallest absolute Gasteiger partial charge is 0.308 e. The number of carbonyl (C=O) groups excluding carboxylic acids is 1. The molecule has 0 aliphatic carbocycles. The van der Waals surface area contributed by atoms with E-state index in [1.54, 1.807) is 0 Å². The van der Waals surface area contributed by atoms with Gasteiger partial charge in [0.1, 0.15) is 5.78 Å². The van der Waals surface area contributed by atoms with Crippen molar-refractivity contribution >= 4 is 5.78 Å². The lowest BCUT2D eigenvalue weighted by Gasteiger charge is -2.10. The second kappa shape index (κ2) is 6.82. The van der Waals surface area contributed by atoms with Gasteiger partial charge in [-0.2, -0.15) is 13.2 Å². The second-order valence-electron chi connectivity index (χ2n) is 3.70. The molecule has 0 heterocycles. The quantitative estimate of drug-likeness (QED) is 0.721. The van der Waals surface area contributed by atoms with Gasteiger partial charge in [0.25, 0.3) is 0 Å². The zero-order chi connectivity index (χ0) is 11.9. The summed E-state index contributed by atoms with van der Waals surface area (Å²) in [5.41, 5.74) is 0. The average Bonchev–Trinajstić information content (AvgIpc) is 2.12. The SMILES string of the molecule is CCC(C)NCC(=O)CCCC(F)(F)F. The molecule has 0 saturated carbocycles. The molecule has 0 aromatic carbocycles. The van der Waals surface area contributed by atoms with Crippen molar-refractivity contribution in [1.29, 1.82) is 0 Å². The molecular formula is C10H18F3NO. The first-order chi connectivity index (χ1) is 6.85. The standard InChI is InChI=1S/C10H18F3NO/c1-3-8(2)14-7-9(15)5-4-6-10(11,12)13/h8,14H,3-7H2,1-2H3. The van der Waals surface area contributed by atoms with E-state index in [2.05, 4.69) is 5.32 Å². The van der Waals surface area contributed by atoms with Gasteiger partial charge >= 0.3 is 6.18 Å². The third-order valence-corrected chi connectivity index (χ3v) is 2.18. The predicted octanol–water partition coefficient (Wildman–Crippen LogP) is 2.68. The van der Waals surface area contributed by atoms with E-state index in [-0.39, 0.29) is 31.2 Å². The third-order valence-electron chi connectivity index (χ3n) is 2.18. The molecule has 0 aliphatic heterocycles. The number of nitrogens with one attached hydrogen (secondary N) is 1. The van der Waals surface area contributed by atoms with Crippen LogP contribution in [0.4, 0.5) is 13.2 Å². The molecule has 90 valence electrons. The molecule has 0 fully saturated rings. The second-order valence-corrected chi connectivity index (χ2v) is 3.70. The maximum absolute atomic E-state index is 11.7. The Morgan fingerprint density at radius 1 is 1.40 bits per heavy atom. The number of rotatable bonds is 7. The van der Waals surface area contributed by atoms with Crippen molar-refractivity contribution in [3.05, 3.63) is 0 Å². The number of hydrogen-bond acceptors (Lipinski definition) is 2. The molecule has 0 amide bonds. The summed E-state index contributed by atoms with van der Waals surface area (Å²) in [5, 5.41) is 2.95. The highest BCUT2D eigenvalue weighted by atomic mass is 19.4. The van der Waals surface area contributed by atoms with Crippen LogP contribution in [0.15, 0.2) is 0 Å². The predicted molar refractivity (Wildman–Crippen MR) is 52.7 cm³/mol. The molecule has 0 saturated heterocycles. The first-order valence-corrected chi connectivity index (χ1v) is 5.17. The summed E-state index contributed by atoms with van der Waals surface area (Å²) in [6.07, 6.45) is -4.23. The van der Waals surface area contributed by atoms with Gasteiger partial charge in [-0.1, -0.05) is 6.92 Å². The Hall–Kier alpha value is -0.580. The molecule has 1 unspecified atom stereocenters. The van der Waals surface area contributed by atoms with Crippen molar-refractivity contribution in [2.45, 2.75) is 51.7 Å². The molecule has 0 aliphatic rings. The zero-order valence-corrected chi connectivity index (χ0v) is 9.16. The minimum absolute atomic E-state index is 0.00292. The van der Waals surface area contributed by atoms with Crippen molar-refractivity contribution in [2.75, 3.05) is 6.54 Å². The molecule has 0 aromatic rings. The van der Waals surface area contributed by atoms with E-state index >= 15 is 0 Å². The van der Waals surface area contributed by atoms with E-state index in [1.165, 1.54) is 0 Å². The van der Waals surface area contributed by atoms with E-state index in [4.69, 9.17) is 0 Å². The minimum Gasteiger partial charge on any atom is -0.308 e. The normalized spacial score (nSPS) is 13.9. The fraction of sp³-hybridized carbons (Fsp3) is 0.900. The van der Waals surface area contributed by atoms with Crippen molar-refractivity contribution in [1.82, 2.24) is 5.32 Å². The Morgan fingerprint density at radius 3 is 2.47 bits per heavy atom. The zero-order valence-electron chi connectivity index (χ0n) is 9.16. The van der Waals surface area contributed by atoms with Crippen LogP contribution in [0.1, 0.15) is 39.5 Å². The fourth-order valence-corrected chi connectivity index (χ4v) is 1.01. The van der Waals surface area contributed by atoms with Crippen molar-refractivity contribution in [3.63, 3.8) is 0 Å². The van der Waals surface area contributed by atoms with Crippen LogP contribution in [0, 0.1) is 0 Å². The average molecular weight is 225 g/mol. The van der Waals surface area contributed by atoms with Crippen LogP contribution in [0.3, 0.4) is 0 Å². The van der Waals surface area contributed by atoms with Gasteiger partial charge in [0.05, 0.1) is 6.54 Å². The number of ketones is 1. The summed E-state index contributed by atoms with van der Waals surface area (Å²) in [4.78, 5) is 11.1. The van der Waals surface area contributed by atoms with E-state index in [1.807, 2.05) is 13.8 Å². The van der Waals surface area contributed by atoms with Gasteiger partial charge in [-0.15, -0.1) is 0 Å². The van der Waals surface area contributed by atoms with Crippen LogP contribution in [-0.2, 0) is 4.79 Å². The van der Waals surface area contributed by atoms with Crippen LogP contribution >= 0.6 is 0 Å². The van der Waals surface area contributed by atoms with Crippen LogP contribution < -0.4 is 5.32 Å². The first kappa shape index (κ1) is 14.4. The van der Waals surface area contributed by atoms with Gasteiger partial charge in [0, 0.05) is 18.9 Å². The summed E-state index contributed by atoms with van der Waals surface area (Å²) in [6.45, 7) is 4.08. The maximum Gasteiger partial charge on any atom is 0.389 e. The number of alkyl halides is 3. The number of hydrogen-bond donors (Lipinski definition) is 1. The molecule has 5 heteroatoms. The molecule has 0 spiro atoms. The van der Waals surface area contributed by atoms with Gasteiger partial charge in [-0.3, -0.25) is 4.79 Å². The Balaban J connectivity index is 3.50. The Bertz CT molecular complexity index is 192. The lowest BCUT2D eigenvalue weighted by molar-refractivity contribution is -0.137. The monoisotopic (exact) mass is 225 g/mol. The number of halogens is 3. The third kappa shape index (κ3) is 9.72. The summed E-state index contributed by atoms with van der Waals surface area (Å²) in [5.74, 6) is -0.153. The molecule has 1 N–H and O–H groups in total. The fourth-order valence-electron chi connectivity index (χ4n) is 1.01.